The highest BCUT2D eigenvalue weighted by Gasteiger charge is 2.17. The van der Waals surface area contributed by atoms with Crippen molar-refractivity contribution in [1.82, 2.24) is 0 Å². The van der Waals surface area contributed by atoms with Crippen LogP contribution < -0.4 is 0 Å². The van der Waals surface area contributed by atoms with Crippen molar-refractivity contribution in [3.05, 3.63) is 170 Å². The summed E-state index contributed by atoms with van der Waals surface area (Å²) in [6, 6.07) is 0. The molecule has 1 atom stereocenters. The summed E-state index contributed by atoms with van der Waals surface area (Å²) in [5.74, 6) is -0.660. The molecule has 0 saturated heterocycles. The SMILES string of the molecule is CC/C=C\C/C=C\C/C=C\C/C=C\C/C=C\C/C=C\CCC(=O)OCC(COCCCCCCCCCC/C=C\C/C=C\C/C=C\CC)OC(=O)C/C=C\C/C=C\C/C=C\C/C=C\C/C=C\CC. The van der Waals surface area contributed by atoms with Crippen LogP contribution in [0.2, 0.25) is 0 Å². The van der Waals surface area contributed by atoms with Crippen molar-refractivity contribution in [1.29, 1.82) is 0 Å². The first-order chi connectivity index (χ1) is 33.6. The third-order valence-corrected chi connectivity index (χ3v) is 10.3. The fourth-order valence-corrected chi connectivity index (χ4v) is 6.45. The van der Waals surface area contributed by atoms with Crippen LogP contribution in [-0.2, 0) is 23.8 Å². The third-order valence-electron chi connectivity index (χ3n) is 10.3. The lowest BCUT2D eigenvalue weighted by Gasteiger charge is -2.18. The van der Waals surface area contributed by atoms with Crippen LogP contribution in [0.4, 0.5) is 0 Å². The average molecular weight is 933 g/mol. The summed E-state index contributed by atoms with van der Waals surface area (Å²) < 4.78 is 17.2. The number of carbonyl (C=O) groups is 2. The maximum Gasteiger partial charge on any atom is 0.310 e. The Morgan fingerprint density at radius 2 is 0.662 bits per heavy atom. The summed E-state index contributed by atoms with van der Waals surface area (Å²) in [7, 11) is 0. The normalized spacial score (nSPS) is 13.6. The maximum atomic E-state index is 12.8. The zero-order valence-electron chi connectivity index (χ0n) is 43.3. The summed E-state index contributed by atoms with van der Waals surface area (Å²) in [6.07, 6.45) is 85.5. The van der Waals surface area contributed by atoms with E-state index in [9.17, 15) is 9.59 Å². The molecule has 0 aromatic rings. The van der Waals surface area contributed by atoms with Crippen molar-refractivity contribution in [2.75, 3.05) is 19.8 Å². The molecule has 5 nitrogen and oxygen atoms in total. The Kier molecular flexibility index (Phi) is 52.6. The Morgan fingerprint density at radius 3 is 1.06 bits per heavy atom. The quantitative estimate of drug-likeness (QED) is 0.0346. The fourth-order valence-electron chi connectivity index (χ4n) is 6.45. The van der Waals surface area contributed by atoms with Gasteiger partial charge in [0.2, 0.25) is 0 Å². The van der Waals surface area contributed by atoms with Crippen LogP contribution >= 0.6 is 0 Å². The molecule has 0 N–H and O–H groups in total. The second-order valence-corrected chi connectivity index (χ2v) is 16.6. The van der Waals surface area contributed by atoms with Gasteiger partial charge in [0, 0.05) is 13.0 Å². The van der Waals surface area contributed by atoms with Gasteiger partial charge in [-0.15, -0.1) is 0 Å². The van der Waals surface area contributed by atoms with Crippen LogP contribution in [0, 0.1) is 0 Å². The van der Waals surface area contributed by atoms with Crippen molar-refractivity contribution >= 4 is 11.9 Å². The molecule has 0 aromatic carbocycles. The lowest BCUT2D eigenvalue weighted by molar-refractivity contribution is -0.162. The van der Waals surface area contributed by atoms with E-state index in [2.05, 4.69) is 173 Å². The van der Waals surface area contributed by atoms with Gasteiger partial charge in [0.25, 0.3) is 0 Å². The molecule has 0 rings (SSSR count). The minimum Gasteiger partial charge on any atom is -0.462 e. The second kappa shape index (κ2) is 56.6. The van der Waals surface area contributed by atoms with Gasteiger partial charge in [-0.25, -0.2) is 0 Å². The number of hydrogen-bond acceptors (Lipinski definition) is 5. The molecule has 1 unspecified atom stereocenters. The second-order valence-electron chi connectivity index (χ2n) is 16.6. The predicted octanol–water partition coefficient (Wildman–Crippen LogP) is 18.4. The Bertz CT molecular complexity index is 1570. The number of rotatable bonds is 46. The summed E-state index contributed by atoms with van der Waals surface area (Å²) >= 11 is 0. The van der Waals surface area contributed by atoms with Gasteiger partial charge < -0.3 is 14.2 Å². The zero-order valence-corrected chi connectivity index (χ0v) is 43.3. The molecular formula is C63H96O5. The van der Waals surface area contributed by atoms with Gasteiger partial charge in [-0.3, -0.25) is 9.59 Å². The zero-order chi connectivity index (χ0) is 49.2. The van der Waals surface area contributed by atoms with E-state index in [1.807, 2.05) is 18.2 Å². The van der Waals surface area contributed by atoms with Gasteiger partial charge in [0.15, 0.2) is 6.10 Å². The molecule has 0 fully saturated rings. The van der Waals surface area contributed by atoms with E-state index in [-0.39, 0.29) is 38.0 Å². The largest absolute Gasteiger partial charge is 0.462 e. The Balaban J connectivity index is 4.55. The van der Waals surface area contributed by atoms with E-state index in [4.69, 9.17) is 14.2 Å². The van der Waals surface area contributed by atoms with Crippen molar-refractivity contribution in [3.63, 3.8) is 0 Å². The lowest BCUT2D eigenvalue weighted by atomic mass is 10.1. The van der Waals surface area contributed by atoms with E-state index in [0.717, 1.165) is 103 Å². The number of allylic oxidation sites excluding steroid dienone is 27. The predicted molar refractivity (Wildman–Crippen MR) is 297 cm³/mol. The number of esters is 2. The van der Waals surface area contributed by atoms with Gasteiger partial charge in [-0.2, -0.15) is 0 Å². The first kappa shape index (κ1) is 63.3. The number of unbranched alkanes of at least 4 members (excludes halogenated alkanes) is 8. The monoisotopic (exact) mass is 933 g/mol. The van der Waals surface area contributed by atoms with Crippen molar-refractivity contribution in [3.8, 4) is 0 Å². The molecule has 0 aliphatic heterocycles. The van der Waals surface area contributed by atoms with Crippen molar-refractivity contribution in [2.24, 2.45) is 0 Å². The van der Waals surface area contributed by atoms with Gasteiger partial charge in [-0.05, 0) is 116 Å². The lowest BCUT2D eigenvalue weighted by Crippen LogP contribution is -2.29. The molecule has 0 aliphatic rings. The third kappa shape index (κ3) is 53.9. The minimum atomic E-state index is -0.639. The molecule has 0 saturated carbocycles. The van der Waals surface area contributed by atoms with Gasteiger partial charge in [0.1, 0.15) is 6.61 Å². The Hall–Kier alpha value is -4.74. The molecule has 0 spiro atoms. The van der Waals surface area contributed by atoms with Crippen LogP contribution in [0.15, 0.2) is 170 Å². The molecule has 5 heteroatoms. The minimum absolute atomic E-state index is 0.0101. The molecule has 0 aliphatic carbocycles. The van der Waals surface area contributed by atoms with Crippen molar-refractivity contribution < 1.29 is 23.8 Å². The number of hydrogen-bond donors (Lipinski definition) is 0. The highest BCUT2D eigenvalue weighted by Crippen LogP contribution is 2.11. The van der Waals surface area contributed by atoms with Crippen LogP contribution in [0.25, 0.3) is 0 Å². The first-order valence-electron chi connectivity index (χ1n) is 26.7. The van der Waals surface area contributed by atoms with E-state index in [1.54, 1.807) is 0 Å². The fraction of sp³-hybridized carbons (Fsp3) is 0.524. The molecular weight excluding hydrogens is 837 g/mol. The highest BCUT2D eigenvalue weighted by molar-refractivity contribution is 5.71. The van der Waals surface area contributed by atoms with Crippen LogP contribution in [0.3, 0.4) is 0 Å². The van der Waals surface area contributed by atoms with E-state index in [1.165, 1.54) is 44.9 Å². The number of carbonyl (C=O) groups excluding carboxylic acids is 2. The van der Waals surface area contributed by atoms with Crippen LogP contribution in [0.5, 0.6) is 0 Å². The Labute approximate surface area is 417 Å². The smallest absolute Gasteiger partial charge is 0.310 e. The molecule has 378 valence electrons. The topological polar surface area (TPSA) is 61.8 Å². The summed E-state index contributed by atoms with van der Waals surface area (Å²) in [5.41, 5.74) is 0. The molecule has 0 radical (unpaired) electrons. The average Bonchev–Trinajstić information content (AvgIpc) is 3.34. The summed E-state index contributed by atoms with van der Waals surface area (Å²) in [4.78, 5) is 25.4. The van der Waals surface area contributed by atoms with Crippen molar-refractivity contribution in [2.45, 2.75) is 194 Å². The molecule has 0 aromatic heterocycles. The van der Waals surface area contributed by atoms with Gasteiger partial charge in [-0.1, -0.05) is 229 Å². The van der Waals surface area contributed by atoms with E-state index >= 15 is 0 Å². The van der Waals surface area contributed by atoms with Crippen LogP contribution in [-0.4, -0.2) is 37.9 Å². The molecule has 0 bridgehead atoms. The summed E-state index contributed by atoms with van der Waals surface area (Å²) in [5, 5.41) is 0. The van der Waals surface area contributed by atoms with Gasteiger partial charge in [0.05, 0.1) is 13.0 Å². The summed E-state index contributed by atoms with van der Waals surface area (Å²) in [6.45, 7) is 7.25. The molecule has 0 heterocycles. The Morgan fingerprint density at radius 1 is 0.338 bits per heavy atom. The van der Waals surface area contributed by atoms with E-state index < -0.39 is 6.10 Å². The standard InChI is InChI=1S/C63H96O5/c1-4-7-10-13-16-19-22-25-28-30-32-33-36-38-41-44-47-50-53-56-62(64)67-60-61(68-63(65)57-54-51-48-45-42-39-35-27-24-21-18-15-12-9-6-3)59-66-58-55-52-49-46-43-40-37-34-31-29-26-23-20-17-14-11-8-5-2/h7-12,16-21,25-29,32-33,35,38,41-42,45,47,50-51,54,61H,4-6,13-15,22-24,30-31,34,36-37,39-40,43-44,46,48-49,52-53,55-60H2,1-3H3/b10-7-,11-8-,12-9-,19-16-,20-17-,21-18-,28-25-,29-26-,33-32-,35-27-,41-38-,45-42-,50-47-,54-51-. The highest BCUT2D eigenvalue weighted by atomic mass is 16.6. The van der Waals surface area contributed by atoms with Gasteiger partial charge >= 0.3 is 11.9 Å². The van der Waals surface area contributed by atoms with Crippen LogP contribution in [0.1, 0.15) is 188 Å². The van der Waals surface area contributed by atoms with E-state index in [0.29, 0.717) is 13.0 Å². The number of ether oxygens (including phenoxy) is 3. The molecule has 0 amide bonds. The first-order valence-corrected chi connectivity index (χ1v) is 26.7. The maximum absolute atomic E-state index is 12.8. The molecule has 68 heavy (non-hydrogen) atoms.